The largest absolute Gasteiger partial charge is 0.340 e. The second-order valence-corrected chi connectivity index (χ2v) is 8.47. The Balaban J connectivity index is 1.21. The van der Waals surface area contributed by atoms with Crippen LogP contribution < -0.4 is 11.2 Å². The van der Waals surface area contributed by atoms with E-state index in [0.717, 1.165) is 19.6 Å². The molecule has 7 heteroatoms. The molecule has 0 bridgehead atoms. The number of carbonyl (C=O) groups excluding carboxylic acids is 1. The monoisotopic (exact) mass is 442 g/mol. The molecule has 1 aliphatic heterocycles. The number of aromatic nitrogens is 2. The summed E-state index contributed by atoms with van der Waals surface area (Å²) in [7, 11) is 0. The van der Waals surface area contributed by atoms with Gasteiger partial charge in [-0.15, -0.1) is 0 Å². The van der Waals surface area contributed by atoms with Crippen molar-refractivity contribution < 1.29 is 4.79 Å². The van der Waals surface area contributed by atoms with Gasteiger partial charge in [0.2, 0.25) is 5.91 Å². The van der Waals surface area contributed by atoms with E-state index >= 15 is 0 Å². The summed E-state index contributed by atoms with van der Waals surface area (Å²) in [4.78, 5) is 43.8. The third-order valence-electron chi connectivity index (χ3n) is 6.45. The van der Waals surface area contributed by atoms with E-state index < -0.39 is 11.2 Å². The Kier molecular flexibility index (Phi) is 5.79. The molecule has 1 aliphatic rings. The number of piperazine rings is 1. The van der Waals surface area contributed by atoms with Crippen molar-refractivity contribution in [3.8, 4) is 0 Å². The van der Waals surface area contributed by atoms with Crippen LogP contribution in [0.5, 0.6) is 0 Å². The van der Waals surface area contributed by atoms with E-state index in [1.807, 2.05) is 4.90 Å². The molecule has 1 fully saturated rings. The van der Waals surface area contributed by atoms with Crippen LogP contribution in [0.25, 0.3) is 21.7 Å². The van der Waals surface area contributed by atoms with Gasteiger partial charge in [-0.1, -0.05) is 54.6 Å². The molecule has 2 heterocycles. The van der Waals surface area contributed by atoms with E-state index in [9.17, 15) is 14.4 Å². The number of rotatable bonds is 5. The molecule has 0 radical (unpaired) electrons. The molecule has 0 saturated carbocycles. The summed E-state index contributed by atoms with van der Waals surface area (Å²) in [6.07, 6.45) is 0.221. The highest BCUT2D eigenvalue weighted by molar-refractivity contribution is 5.85. The maximum atomic E-state index is 12.8. The van der Waals surface area contributed by atoms with Crippen molar-refractivity contribution in [2.75, 3.05) is 26.2 Å². The van der Waals surface area contributed by atoms with Crippen molar-refractivity contribution in [1.29, 1.82) is 0 Å². The molecule has 0 unspecified atom stereocenters. The Hall–Kier alpha value is -3.71. The van der Waals surface area contributed by atoms with Gasteiger partial charge in [-0.3, -0.25) is 24.0 Å². The van der Waals surface area contributed by atoms with Crippen LogP contribution in [0.2, 0.25) is 0 Å². The smallest absolute Gasteiger partial charge is 0.328 e. The summed E-state index contributed by atoms with van der Waals surface area (Å²) in [5.41, 5.74) is 0.975. The first-order valence-electron chi connectivity index (χ1n) is 11.3. The highest BCUT2D eigenvalue weighted by Crippen LogP contribution is 2.20. The Morgan fingerprint density at radius 2 is 1.52 bits per heavy atom. The lowest BCUT2D eigenvalue weighted by atomic mass is 10.0. The van der Waals surface area contributed by atoms with E-state index in [4.69, 9.17) is 0 Å². The van der Waals surface area contributed by atoms with Crippen LogP contribution >= 0.6 is 0 Å². The molecule has 1 N–H and O–H groups in total. The van der Waals surface area contributed by atoms with E-state index in [1.54, 1.807) is 24.3 Å². The van der Waals surface area contributed by atoms with Gasteiger partial charge in [-0.2, -0.15) is 0 Å². The molecule has 1 saturated heterocycles. The molecule has 33 heavy (non-hydrogen) atoms. The first-order valence-corrected chi connectivity index (χ1v) is 11.3. The van der Waals surface area contributed by atoms with E-state index in [0.29, 0.717) is 24.0 Å². The number of hydrogen-bond acceptors (Lipinski definition) is 4. The number of carbonyl (C=O) groups is 1. The first kappa shape index (κ1) is 21.2. The normalized spacial score (nSPS) is 14.7. The minimum atomic E-state index is -0.480. The fourth-order valence-electron chi connectivity index (χ4n) is 4.66. The molecular formula is C26H26N4O3. The van der Waals surface area contributed by atoms with E-state index in [1.165, 1.54) is 20.9 Å². The highest BCUT2D eigenvalue weighted by atomic mass is 16.2. The van der Waals surface area contributed by atoms with Crippen LogP contribution in [-0.4, -0.2) is 51.4 Å². The summed E-state index contributed by atoms with van der Waals surface area (Å²) < 4.78 is 1.48. The summed E-state index contributed by atoms with van der Waals surface area (Å²) in [6.45, 7) is 4.08. The lowest BCUT2D eigenvalue weighted by Crippen LogP contribution is -2.48. The van der Waals surface area contributed by atoms with Crippen LogP contribution in [0.4, 0.5) is 0 Å². The molecule has 0 aliphatic carbocycles. The lowest BCUT2D eigenvalue weighted by molar-refractivity contribution is -0.133. The Morgan fingerprint density at radius 1 is 0.818 bits per heavy atom. The van der Waals surface area contributed by atoms with Crippen LogP contribution in [0.15, 0.2) is 76.3 Å². The average molecular weight is 443 g/mol. The van der Waals surface area contributed by atoms with Crippen LogP contribution in [-0.2, 0) is 17.9 Å². The second-order valence-electron chi connectivity index (χ2n) is 8.47. The third-order valence-corrected chi connectivity index (χ3v) is 6.45. The van der Waals surface area contributed by atoms with Crippen molar-refractivity contribution in [3.05, 3.63) is 93.1 Å². The zero-order valence-corrected chi connectivity index (χ0v) is 18.4. The van der Waals surface area contributed by atoms with Gasteiger partial charge in [-0.25, -0.2) is 4.79 Å². The summed E-state index contributed by atoms with van der Waals surface area (Å²) in [5, 5.41) is 2.97. The van der Waals surface area contributed by atoms with Crippen LogP contribution in [0, 0.1) is 0 Å². The predicted molar refractivity (Wildman–Crippen MR) is 129 cm³/mol. The van der Waals surface area contributed by atoms with Gasteiger partial charge < -0.3 is 4.90 Å². The molecule has 7 nitrogen and oxygen atoms in total. The van der Waals surface area contributed by atoms with Crippen LogP contribution in [0.3, 0.4) is 0 Å². The predicted octanol–water partition coefficient (Wildman–Crippen LogP) is 2.58. The lowest BCUT2D eigenvalue weighted by Gasteiger charge is -2.35. The van der Waals surface area contributed by atoms with Gasteiger partial charge in [0, 0.05) is 45.7 Å². The van der Waals surface area contributed by atoms with E-state index in [2.05, 4.69) is 52.3 Å². The molecule has 0 atom stereocenters. The van der Waals surface area contributed by atoms with Gasteiger partial charge in [0.1, 0.15) is 0 Å². The number of aromatic amines is 1. The SMILES string of the molecule is O=C(CCn1c(=O)[nH]c(=O)c2ccccc21)N1CCN(Cc2cccc3ccccc23)CC1. The van der Waals surface area contributed by atoms with Crippen molar-refractivity contribution >= 4 is 27.6 Å². The molecule has 4 aromatic rings. The topological polar surface area (TPSA) is 78.4 Å². The second kappa shape index (κ2) is 9.03. The molecule has 5 rings (SSSR count). The zero-order valence-electron chi connectivity index (χ0n) is 18.4. The number of aryl methyl sites for hydroxylation is 1. The zero-order chi connectivity index (χ0) is 22.8. The molecule has 1 aromatic heterocycles. The molecule has 168 valence electrons. The maximum absolute atomic E-state index is 12.8. The fourth-order valence-corrected chi connectivity index (χ4v) is 4.66. The fraction of sp³-hybridized carbons (Fsp3) is 0.269. The van der Waals surface area contributed by atoms with Crippen molar-refractivity contribution in [1.82, 2.24) is 19.4 Å². The number of para-hydroxylation sites is 1. The molecule has 3 aromatic carbocycles. The standard InChI is InChI=1S/C26H26N4O3/c31-24(12-13-30-23-11-4-3-10-22(23)25(32)27-26(30)33)29-16-14-28(15-17-29)18-20-8-5-7-19-6-1-2-9-21(19)20/h1-11H,12-18H2,(H,27,32,33). The van der Waals surface area contributed by atoms with Gasteiger partial charge in [0.05, 0.1) is 10.9 Å². The van der Waals surface area contributed by atoms with Gasteiger partial charge >= 0.3 is 5.69 Å². The number of nitrogens with zero attached hydrogens (tertiary/aromatic N) is 3. The van der Waals surface area contributed by atoms with Crippen LogP contribution in [0.1, 0.15) is 12.0 Å². The van der Waals surface area contributed by atoms with Crippen molar-refractivity contribution in [2.24, 2.45) is 0 Å². The number of hydrogen-bond donors (Lipinski definition) is 1. The summed E-state index contributed by atoms with van der Waals surface area (Å²) in [6, 6.07) is 21.8. The minimum absolute atomic E-state index is 0.0296. The van der Waals surface area contributed by atoms with Crippen molar-refractivity contribution in [3.63, 3.8) is 0 Å². The first-order chi connectivity index (χ1) is 16.1. The number of H-pyrrole nitrogens is 1. The summed E-state index contributed by atoms with van der Waals surface area (Å²) >= 11 is 0. The van der Waals surface area contributed by atoms with E-state index in [-0.39, 0.29) is 18.9 Å². The number of amides is 1. The Labute approximate surface area is 190 Å². The summed E-state index contributed by atoms with van der Waals surface area (Å²) in [5.74, 6) is 0.0296. The molecule has 1 amide bonds. The Morgan fingerprint density at radius 3 is 2.33 bits per heavy atom. The average Bonchev–Trinajstić information content (AvgIpc) is 2.84. The number of benzene rings is 3. The quantitative estimate of drug-likeness (QED) is 0.515. The third kappa shape index (κ3) is 4.32. The van der Waals surface area contributed by atoms with Gasteiger partial charge in [0.25, 0.3) is 5.56 Å². The van der Waals surface area contributed by atoms with Crippen molar-refractivity contribution in [2.45, 2.75) is 19.5 Å². The highest BCUT2D eigenvalue weighted by Gasteiger charge is 2.21. The van der Waals surface area contributed by atoms with Gasteiger partial charge in [0.15, 0.2) is 0 Å². The number of nitrogens with one attached hydrogen (secondary N) is 1. The maximum Gasteiger partial charge on any atom is 0.328 e. The minimum Gasteiger partial charge on any atom is -0.340 e. The molecular weight excluding hydrogens is 416 g/mol. The molecule has 0 spiro atoms. The number of fused-ring (bicyclic) bond motifs is 2. The van der Waals surface area contributed by atoms with Gasteiger partial charge in [-0.05, 0) is 28.5 Å². The Bertz CT molecular complexity index is 1430.